The Labute approximate surface area is 53.8 Å². The zero-order chi connectivity index (χ0) is 7.91. The Balaban J connectivity index is 0. The average Bonchev–Trinajstić information content (AvgIpc) is 1.67. The Kier molecular flexibility index (Phi) is 6.84. The van der Waals surface area contributed by atoms with Gasteiger partial charge in [-0.1, -0.05) is 0 Å². The molecule has 0 atom stereocenters. The summed E-state index contributed by atoms with van der Waals surface area (Å²) in [6.07, 6.45) is 0. The molecule has 0 saturated carbocycles. The summed E-state index contributed by atoms with van der Waals surface area (Å²) in [4.78, 5) is 0. The maximum Gasteiger partial charge on any atom is 0.397 e. The van der Waals surface area contributed by atoms with Crippen molar-refractivity contribution >= 4 is 10.4 Å². The van der Waals surface area contributed by atoms with Crippen LogP contribution in [0.15, 0.2) is 0 Å². The molecule has 1 N–H and O–H groups in total. The first kappa shape index (κ1) is 11.2. The van der Waals surface area contributed by atoms with Crippen LogP contribution >= 0.6 is 0 Å². The van der Waals surface area contributed by atoms with Gasteiger partial charge in [0.05, 0.1) is 13.2 Å². The Bertz CT molecular complexity index is 176. The van der Waals surface area contributed by atoms with Gasteiger partial charge < -0.3 is 0 Å². The third-order valence-corrected chi connectivity index (χ3v) is 0.632. The molecule has 0 heterocycles. The van der Waals surface area contributed by atoms with E-state index in [0.717, 1.165) is 7.11 Å². The molecule has 0 aromatic heterocycles. The molecule has 5 nitrogen and oxygen atoms in total. The molecule has 0 bridgehead atoms. The van der Waals surface area contributed by atoms with E-state index in [2.05, 4.69) is 4.18 Å². The summed E-state index contributed by atoms with van der Waals surface area (Å²) < 4.78 is 29.7. The first-order valence-corrected chi connectivity index (χ1v) is 3.18. The van der Waals surface area contributed by atoms with Gasteiger partial charge in [-0.25, -0.2) is 0 Å². The predicted molar refractivity (Wildman–Crippen MR) is 29.8 cm³/mol. The maximum absolute atomic E-state index is 9.33. The van der Waals surface area contributed by atoms with Crippen molar-refractivity contribution < 1.29 is 17.2 Å². The maximum atomic E-state index is 9.33. The van der Waals surface area contributed by atoms with Crippen LogP contribution in [0.4, 0.5) is 0 Å². The van der Waals surface area contributed by atoms with Gasteiger partial charge in [-0.05, 0) is 0 Å². The monoisotopic (exact) mass is 153 g/mol. The van der Waals surface area contributed by atoms with Crippen molar-refractivity contribution in [3.63, 3.8) is 0 Å². The first-order valence-electron chi connectivity index (χ1n) is 1.81. The normalized spacial score (nSPS) is 8.67. The fourth-order valence-electron chi connectivity index (χ4n) is 0. The third kappa shape index (κ3) is 38.0. The molecule has 0 aromatic rings. The third-order valence-electron chi connectivity index (χ3n) is 0.211. The van der Waals surface area contributed by atoms with E-state index < -0.39 is 10.4 Å². The van der Waals surface area contributed by atoms with Crippen LogP contribution in [0.2, 0.25) is 0 Å². The summed E-state index contributed by atoms with van der Waals surface area (Å²) in [5.41, 5.74) is 0. The lowest BCUT2D eigenvalue weighted by Gasteiger charge is -1.82. The summed E-state index contributed by atoms with van der Waals surface area (Å²) in [6.45, 7) is 1.43. The molecular weight excluding hydrogens is 146 g/mol. The zero-order valence-electron chi connectivity index (χ0n) is 5.03. The summed E-state index contributed by atoms with van der Waals surface area (Å²) in [6, 6.07) is 1.75. The zero-order valence-corrected chi connectivity index (χ0v) is 5.84. The smallest absolute Gasteiger partial charge is 0.264 e. The molecule has 0 saturated heterocycles. The highest BCUT2D eigenvalue weighted by Crippen LogP contribution is 1.74. The van der Waals surface area contributed by atoms with E-state index in [4.69, 9.17) is 9.81 Å². The predicted octanol–water partition coefficient (Wildman–Crippen LogP) is -0.0345. The standard InChI is InChI=1S/C2H3N.CH4O4S/c1-2-3;1-5-6(2,3)4/h1H3;1H3,(H,2,3,4). The van der Waals surface area contributed by atoms with E-state index in [-0.39, 0.29) is 0 Å². The quantitative estimate of drug-likeness (QED) is 0.534. The number of nitriles is 1. The van der Waals surface area contributed by atoms with Crippen LogP contribution < -0.4 is 0 Å². The van der Waals surface area contributed by atoms with Crippen LogP contribution in [0, 0.1) is 11.3 Å². The Hall–Kier alpha value is -0.640. The molecule has 0 aliphatic carbocycles. The van der Waals surface area contributed by atoms with Crippen LogP contribution in [0.3, 0.4) is 0 Å². The minimum atomic E-state index is -4.16. The van der Waals surface area contributed by atoms with Gasteiger partial charge in [-0.3, -0.25) is 8.74 Å². The van der Waals surface area contributed by atoms with E-state index in [9.17, 15) is 8.42 Å². The van der Waals surface area contributed by atoms with Crippen molar-refractivity contribution in [3.05, 3.63) is 0 Å². The van der Waals surface area contributed by atoms with E-state index in [1.807, 2.05) is 0 Å². The molecule has 0 rings (SSSR count). The molecule has 0 fully saturated rings. The average molecular weight is 153 g/mol. The Morgan fingerprint density at radius 2 is 1.78 bits per heavy atom. The molecule has 0 spiro atoms. The molecule has 0 aliphatic rings. The van der Waals surface area contributed by atoms with Crippen LogP contribution in [-0.4, -0.2) is 20.1 Å². The lowest BCUT2D eigenvalue weighted by Crippen LogP contribution is -1.96. The molecule has 9 heavy (non-hydrogen) atoms. The van der Waals surface area contributed by atoms with Crippen molar-refractivity contribution in [1.82, 2.24) is 0 Å². The van der Waals surface area contributed by atoms with E-state index in [0.29, 0.717) is 0 Å². The number of hydrogen-bond donors (Lipinski definition) is 1. The van der Waals surface area contributed by atoms with Gasteiger partial charge in [0.2, 0.25) is 0 Å². The lowest BCUT2D eigenvalue weighted by molar-refractivity contribution is 0.324. The van der Waals surface area contributed by atoms with Crippen molar-refractivity contribution in [3.8, 4) is 6.07 Å². The largest absolute Gasteiger partial charge is 0.397 e. The van der Waals surface area contributed by atoms with Crippen LogP contribution in [0.25, 0.3) is 0 Å². The molecule has 54 valence electrons. The second-order valence-electron chi connectivity index (χ2n) is 0.818. The number of nitrogens with zero attached hydrogens (tertiary/aromatic N) is 1. The van der Waals surface area contributed by atoms with E-state index in [1.165, 1.54) is 6.92 Å². The Morgan fingerprint density at radius 1 is 1.67 bits per heavy atom. The SMILES string of the molecule is CC#N.COS(=O)(=O)O. The highest BCUT2D eigenvalue weighted by molar-refractivity contribution is 7.80. The van der Waals surface area contributed by atoms with Gasteiger partial charge in [0.15, 0.2) is 0 Å². The summed E-state index contributed by atoms with van der Waals surface area (Å²) >= 11 is 0. The molecule has 6 heteroatoms. The van der Waals surface area contributed by atoms with Crippen molar-refractivity contribution in [2.75, 3.05) is 7.11 Å². The summed E-state index contributed by atoms with van der Waals surface area (Å²) in [5.74, 6) is 0. The fraction of sp³-hybridized carbons (Fsp3) is 0.667. The van der Waals surface area contributed by atoms with Gasteiger partial charge in [0.1, 0.15) is 0 Å². The Morgan fingerprint density at radius 3 is 1.78 bits per heavy atom. The minimum absolute atomic E-state index is 0.870. The molecule has 0 aliphatic heterocycles. The second kappa shape index (κ2) is 5.50. The van der Waals surface area contributed by atoms with Crippen molar-refractivity contribution in [2.45, 2.75) is 6.92 Å². The lowest BCUT2D eigenvalue weighted by atomic mass is 11.0. The highest BCUT2D eigenvalue weighted by Gasteiger charge is 1.93. The van der Waals surface area contributed by atoms with Gasteiger partial charge in [0.25, 0.3) is 0 Å². The summed E-state index contributed by atoms with van der Waals surface area (Å²) in [7, 11) is -3.29. The molecular formula is C3H7NO4S. The van der Waals surface area contributed by atoms with E-state index >= 15 is 0 Å². The van der Waals surface area contributed by atoms with E-state index in [1.54, 1.807) is 6.07 Å². The van der Waals surface area contributed by atoms with Crippen molar-refractivity contribution in [2.24, 2.45) is 0 Å². The molecule has 0 aromatic carbocycles. The molecule has 0 unspecified atom stereocenters. The topological polar surface area (TPSA) is 87.4 Å². The first-order chi connectivity index (χ1) is 3.97. The van der Waals surface area contributed by atoms with Crippen LogP contribution in [-0.2, 0) is 14.6 Å². The molecule has 0 radical (unpaired) electrons. The van der Waals surface area contributed by atoms with Crippen molar-refractivity contribution in [1.29, 1.82) is 5.26 Å². The number of hydrogen-bond acceptors (Lipinski definition) is 4. The van der Waals surface area contributed by atoms with Gasteiger partial charge >= 0.3 is 10.4 Å². The fourth-order valence-corrected chi connectivity index (χ4v) is 0. The number of rotatable bonds is 1. The minimum Gasteiger partial charge on any atom is -0.264 e. The summed E-state index contributed by atoms with van der Waals surface area (Å²) in [5, 5.41) is 7.32. The van der Waals surface area contributed by atoms with Crippen LogP contribution in [0.5, 0.6) is 0 Å². The van der Waals surface area contributed by atoms with Gasteiger partial charge in [-0.2, -0.15) is 13.7 Å². The van der Waals surface area contributed by atoms with Gasteiger partial charge in [0, 0.05) is 6.92 Å². The highest BCUT2D eigenvalue weighted by atomic mass is 32.3. The van der Waals surface area contributed by atoms with Gasteiger partial charge in [-0.15, -0.1) is 0 Å². The second-order valence-corrected chi connectivity index (χ2v) is 2.01. The molecule has 0 amide bonds. The van der Waals surface area contributed by atoms with Crippen LogP contribution in [0.1, 0.15) is 6.92 Å².